The molecule has 0 unspecified atom stereocenters. The van der Waals surface area contributed by atoms with Gasteiger partial charge in [-0.3, -0.25) is 0 Å². The summed E-state index contributed by atoms with van der Waals surface area (Å²) in [5, 5.41) is 0. The third-order valence-electron chi connectivity index (χ3n) is 2.39. The molecular weight excluding hydrogens is 235 g/mol. The van der Waals surface area contributed by atoms with Gasteiger partial charge < -0.3 is 29.9 Å². The molecule has 2 aliphatic carbocycles. The van der Waals surface area contributed by atoms with E-state index in [9.17, 15) is 0 Å². The Bertz CT molecular complexity index is 67.0. The van der Waals surface area contributed by atoms with Crippen molar-refractivity contribution >= 4 is 23.1 Å². The first-order valence-corrected chi connectivity index (χ1v) is 3.29. The second-order valence-corrected chi connectivity index (χ2v) is 2.90. The molecule has 9 heavy (non-hydrogen) atoms. The van der Waals surface area contributed by atoms with E-state index < -0.39 is 0 Å². The Labute approximate surface area is 90.3 Å². The minimum absolute atomic E-state index is 0. The maximum atomic E-state index is 1.87. The smallest absolute Gasteiger partial charge is 1.00 e. The van der Waals surface area contributed by atoms with E-state index in [1.165, 1.54) is 32.1 Å². The molecule has 0 amide bonds. The van der Waals surface area contributed by atoms with Crippen LogP contribution in [0.25, 0.3) is 0 Å². The normalized spacial score (nSPS) is 25.3. The summed E-state index contributed by atoms with van der Waals surface area (Å²) in [5.74, 6) is 3.00. The van der Waals surface area contributed by atoms with Crippen LogP contribution >= 0.6 is 0 Å². The summed E-state index contributed by atoms with van der Waals surface area (Å²) >= 11 is 0. The number of halogens is 1. The number of fused-ring (bicyclic) bond motifs is 2. The van der Waals surface area contributed by atoms with Crippen LogP contribution in [0.4, 0.5) is 0 Å². The summed E-state index contributed by atoms with van der Waals surface area (Å²) in [6.07, 6.45) is 7.50. The predicted octanol–water partition coefficient (Wildman–Crippen LogP) is -1.22. The molecule has 2 saturated carbocycles. The largest absolute Gasteiger partial charge is 2.00 e. The molecule has 2 bridgehead atoms. The van der Waals surface area contributed by atoms with Crippen LogP contribution in [-0.4, -0.2) is 23.1 Å². The van der Waals surface area contributed by atoms with Crippen molar-refractivity contribution in [2.45, 2.75) is 32.1 Å². The van der Waals surface area contributed by atoms with E-state index in [0.29, 0.717) is 0 Å². The molecule has 0 aromatic rings. The van der Waals surface area contributed by atoms with Gasteiger partial charge in [-0.15, -0.1) is 0 Å². The Balaban J connectivity index is 0.000000320. The Morgan fingerprint density at radius 3 is 1.78 bits per heavy atom. The second kappa shape index (κ2) is 4.39. The summed E-state index contributed by atoms with van der Waals surface area (Å²) in [4.78, 5) is 0. The van der Waals surface area contributed by atoms with Gasteiger partial charge in [-0.2, -0.15) is 19.3 Å². The van der Waals surface area contributed by atoms with Crippen molar-refractivity contribution in [1.29, 1.82) is 0 Å². The van der Waals surface area contributed by atoms with Crippen LogP contribution in [0.2, 0.25) is 0 Å². The van der Waals surface area contributed by atoms with Crippen molar-refractivity contribution in [2.75, 3.05) is 0 Å². The minimum atomic E-state index is 0. The van der Waals surface area contributed by atoms with Gasteiger partial charge in [-0.1, -0.05) is 18.8 Å². The van der Waals surface area contributed by atoms with Crippen LogP contribution in [0.15, 0.2) is 0 Å². The average molecular weight is 246 g/mol. The molecule has 2 aliphatic rings. The molecule has 0 aromatic heterocycles. The Hall–Kier alpha value is 1.50. The van der Waals surface area contributed by atoms with Crippen molar-refractivity contribution < 1.29 is 24.0 Å². The zero-order valence-corrected chi connectivity index (χ0v) is 9.27. The summed E-state index contributed by atoms with van der Waals surface area (Å²) < 4.78 is 0. The topological polar surface area (TPSA) is 0 Å². The van der Waals surface area contributed by atoms with E-state index in [0.717, 1.165) is 5.92 Å². The first-order valence-electron chi connectivity index (χ1n) is 3.29. The van der Waals surface area contributed by atoms with Gasteiger partial charge in [0.1, 0.15) is 0 Å². The van der Waals surface area contributed by atoms with Crippen LogP contribution < -0.4 is 24.0 Å². The fraction of sp³-hybridized carbons (Fsp3) is 0.857. The molecular formula is C7H11IMg. The van der Waals surface area contributed by atoms with Crippen LogP contribution in [0, 0.1) is 11.8 Å². The van der Waals surface area contributed by atoms with E-state index >= 15 is 0 Å². The van der Waals surface area contributed by atoms with Crippen LogP contribution in [-0.2, 0) is 0 Å². The van der Waals surface area contributed by atoms with Gasteiger partial charge in [0.15, 0.2) is 0 Å². The maximum absolute atomic E-state index is 1.87. The zero-order valence-electron chi connectivity index (χ0n) is 5.70. The number of rotatable bonds is 0. The third-order valence-corrected chi connectivity index (χ3v) is 2.39. The molecule has 0 radical (unpaired) electrons. The molecule has 0 N–H and O–H groups in total. The molecule has 48 valence electrons. The molecule has 0 aliphatic heterocycles. The van der Waals surface area contributed by atoms with Gasteiger partial charge in [0.05, 0.1) is 0 Å². The molecule has 0 spiro atoms. The van der Waals surface area contributed by atoms with Crippen molar-refractivity contribution in [1.82, 2.24) is 0 Å². The molecule has 0 heterocycles. The summed E-state index contributed by atoms with van der Waals surface area (Å²) in [6.45, 7) is 0. The van der Waals surface area contributed by atoms with E-state index in [2.05, 4.69) is 0 Å². The van der Waals surface area contributed by atoms with E-state index in [1.807, 2.05) is 5.92 Å². The fourth-order valence-corrected chi connectivity index (χ4v) is 1.90. The second-order valence-electron chi connectivity index (χ2n) is 2.90. The van der Waals surface area contributed by atoms with Crippen molar-refractivity contribution in [3.8, 4) is 0 Å². The first-order chi connectivity index (χ1) is 3.45. The van der Waals surface area contributed by atoms with E-state index in [4.69, 9.17) is 0 Å². The molecule has 0 nitrogen and oxygen atoms in total. The number of hydrogen-bond donors (Lipinski definition) is 0. The standard InChI is InChI=1S/C7H11.HI.Mg/c1-2-7-4-3-6(1)5-7;;/h6H,1-5H2;1H;/q-1;;+2/p-1. The first kappa shape index (κ1) is 10.5. The summed E-state index contributed by atoms with van der Waals surface area (Å²) in [7, 11) is 0. The predicted molar refractivity (Wildman–Crippen MR) is 35.6 cm³/mol. The van der Waals surface area contributed by atoms with Gasteiger partial charge in [0.25, 0.3) is 0 Å². The van der Waals surface area contributed by atoms with E-state index in [1.54, 1.807) is 0 Å². The van der Waals surface area contributed by atoms with Crippen LogP contribution in [0.5, 0.6) is 0 Å². The molecule has 0 atom stereocenters. The van der Waals surface area contributed by atoms with Crippen LogP contribution in [0.3, 0.4) is 0 Å². The monoisotopic (exact) mass is 246 g/mol. The third kappa shape index (κ3) is 2.22. The SMILES string of the molecule is C1CC2CC[C-]1C2.[I-].[Mg+2]. The Morgan fingerprint density at radius 2 is 1.67 bits per heavy atom. The van der Waals surface area contributed by atoms with Crippen molar-refractivity contribution in [2.24, 2.45) is 5.92 Å². The minimum Gasteiger partial charge on any atom is -1.00 e. The molecule has 0 aromatic carbocycles. The molecule has 2 rings (SSSR count). The Morgan fingerprint density at radius 1 is 1.11 bits per heavy atom. The maximum Gasteiger partial charge on any atom is 2.00 e. The summed E-state index contributed by atoms with van der Waals surface area (Å²) in [5.41, 5.74) is 0. The zero-order chi connectivity index (χ0) is 4.69. The Kier molecular flexibility index (Phi) is 5.12. The fourth-order valence-electron chi connectivity index (χ4n) is 1.90. The van der Waals surface area contributed by atoms with Gasteiger partial charge in [-0.25, -0.2) is 0 Å². The van der Waals surface area contributed by atoms with Gasteiger partial charge in [0.2, 0.25) is 0 Å². The molecule has 2 fully saturated rings. The van der Waals surface area contributed by atoms with Crippen molar-refractivity contribution in [3.63, 3.8) is 0 Å². The van der Waals surface area contributed by atoms with Crippen molar-refractivity contribution in [3.05, 3.63) is 5.92 Å². The average Bonchev–Trinajstić information content (AvgIpc) is 2.22. The van der Waals surface area contributed by atoms with Crippen LogP contribution in [0.1, 0.15) is 32.1 Å². The molecule has 2 heteroatoms. The van der Waals surface area contributed by atoms with Gasteiger partial charge in [-0.05, 0) is 0 Å². The van der Waals surface area contributed by atoms with Gasteiger partial charge >= 0.3 is 23.1 Å². The van der Waals surface area contributed by atoms with E-state index in [-0.39, 0.29) is 47.0 Å². The summed E-state index contributed by atoms with van der Waals surface area (Å²) in [6, 6.07) is 0. The quantitative estimate of drug-likeness (QED) is 0.285. The van der Waals surface area contributed by atoms with Gasteiger partial charge in [0, 0.05) is 0 Å². The molecule has 0 saturated heterocycles. The number of hydrogen-bond acceptors (Lipinski definition) is 0.